The number of rotatable bonds is 11. The van der Waals surface area contributed by atoms with Gasteiger partial charge in [-0.15, -0.1) is 0 Å². The van der Waals surface area contributed by atoms with E-state index in [1.807, 2.05) is 0 Å². The topological polar surface area (TPSA) is 43.0 Å². The van der Waals surface area contributed by atoms with E-state index in [4.69, 9.17) is 14.2 Å². The zero-order valence-electron chi connectivity index (χ0n) is 13.5. The van der Waals surface area contributed by atoms with E-state index in [2.05, 4.69) is 24.2 Å². The summed E-state index contributed by atoms with van der Waals surface area (Å²) in [6, 6.07) is 0. The molecule has 1 fully saturated rings. The summed E-state index contributed by atoms with van der Waals surface area (Å²) in [4.78, 5) is 2.41. The highest BCUT2D eigenvalue weighted by atomic mass is 16.5. The van der Waals surface area contributed by atoms with Gasteiger partial charge in [0.05, 0.1) is 33.0 Å². The molecule has 1 saturated heterocycles. The van der Waals surface area contributed by atoms with Crippen LogP contribution < -0.4 is 5.32 Å². The highest BCUT2D eigenvalue weighted by molar-refractivity contribution is 4.83. The van der Waals surface area contributed by atoms with E-state index in [1.165, 1.54) is 25.9 Å². The highest BCUT2D eigenvalue weighted by Crippen LogP contribution is 2.29. The lowest BCUT2D eigenvalue weighted by molar-refractivity contribution is 0.0249. The van der Waals surface area contributed by atoms with E-state index in [0.29, 0.717) is 31.8 Å². The molecule has 1 N–H and O–H groups in total. The van der Waals surface area contributed by atoms with Gasteiger partial charge < -0.3 is 24.4 Å². The highest BCUT2D eigenvalue weighted by Gasteiger charge is 2.27. The molecule has 0 amide bonds. The summed E-state index contributed by atoms with van der Waals surface area (Å²) in [7, 11) is 3.88. The molecule has 0 spiro atoms. The third-order valence-electron chi connectivity index (χ3n) is 3.97. The zero-order chi connectivity index (χ0) is 14.7. The minimum absolute atomic E-state index is 0.454. The second-order valence-corrected chi connectivity index (χ2v) is 6.01. The SMILES string of the molecule is COCCOCCOCCNCC1(C)CCN(C)CC1. The average Bonchev–Trinajstić information content (AvgIpc) is 2.45. The Morgan fingerprint density at radius 2 is 1.60 bits per heavy atom. The molecule has 0 aromatic carbocycles. The summed E-state index contributed by atoms with van der Waals surface area (Å²) in [5, 5.41) is 3.52. The van der Waals surface area contributed by atoms with Crippen LogP contribution in [0.1, 0.15) is 19.8 Å². The minimum atomic E-state index is 0.454. The van der Waals surface area contributed by atoms with Crippen molar-refractivity contribution in [3.8, 4) is 0 Å². The van der Waals surface area contributed by atoms with Crippen LogP contribution in [0.15, 0.2) is 0 Å². The number of piperidine rings is 1. The Bertz CT molecular complexity index is 231. The first-order chi connectivity index (χ1) is 9.66. The van der Waals surface area contributed by atoms with Crippen LogP contribution in [0, 0.1) is 5.41 Å². The monoisotopic (exact) mass is 288 g/mol. The zero-order valence-corrected chi connectivity index (χ0v) is 13.5. The van der Waals surface area contributed by atoms with Crippen molar-refractivity contribution >= 4 is 0 Å². The number of hydrogen-bond acceptors (Lipinski definition) is 5. The summed E-state index contributed by atoms with van der Waals surface area (Å²) in [6.45, 7) is 10.2. The number of likely N-dealkylation sites (tertiary alicyclic amines) is 1. The molecule has 0 unspecified atom stereocenters. The predicted octanol–water partition coefficient (Wildman–Crippen LogP) is 0.988. The van der Waals surface area contributed by atoms with Crippen molar-refractivity contribution in [2.45, 2.75) is 19.8 Å². The molecule has 0 radical (unpaired) electrons. The molecular formula is C15H32N2O3. The molecule has 0 aromatic heterocycles. The van der Waals surface area contributed by atoms with Crippen molar-refractivity contribution < 1.29 is 14.2 Å². The third kappa shape index (κ3) is 8.17. The van der Waals surface area contributed by atoms with Gasteiger partial charge in [0.2, 0.25) is 0 Å². The van der Waals surface area contributed by atoms with Gasteiger partial charge in [0.15, 0.2) is 0 Å². The van der Waals surface area contributed by atoms with Gasteiger partial charge in [-0.25, -0.2) is 0 Å². The van der Waals surface area contributed by atoms with E-state index < -0.39 is 0 Å². The molecule has 1 rings (SSSR count). The molecule has 1 heterocycles. The Balaban J connectivity index is 1.87. The van der Waals surface area contributed by atoms with Crippen molar-refractivity contribution in [3.63, 3.8) is 0 Å². The number of ether oxygens (including phenoxy) is 3. The summed E-state index contributed by atoms with van der Waals surface area (Å²) < 4.78 is 15.7. The first-order valence-corrected chi connectivity index (χ1v) is 7.70. The standard InChI is InChI=1S/C15H32N2O3/c1-15(4-7-17(2)8-5-15)14-16-6-9-19-12-13-20-11-10-18-3/h16H,4-14H2,1-3H3. The third-order valence-corrected chi connectivity index (χ3v) is 3.97. The first kappa shape index (κ1) is 17.9. The second kappa shape index (κ2) is 10.5. The van der Waals surface area contributed by atoms with E-state index in [0.717, 1.165) is 19.7 Å². The maximum absolute atomic E-state index is 5.52. The van der Waals surface area contributed by atoms with Gasteiger partial charge in [0.1, 0.15) is 0 Å². The fourth-order valence-corrected chi connectivity index (χ4v) is 2.33. The molecule has 5 heteroatoms. The Morgan fingerprint density at radius 3 is 2.25 bits per heavy atom. The van der Waals surface area contributed by atoms with Gasteiger partial charge in [-0.05, 0) is 38.4 Å². The molecule has 120 valence electrons. The van der Waals surface area contributed by atoms with E-state index in [9.17, 15) is 0 Å². The van der Waals surface area contributed by atoms with Crippen molar-refractivity contribution in [2.24, 2.45) is 5.41 Å². The molecule has 20 heavy (non-hydrogen) atoms. The van der Waals surface area contributed by atoms with Gasteiger partial charge >= 0.3 is 0 Å². The Labute approximate surface area is 123 Å². The molecule has 1 aliphatic rings. The predicted molar refractivity (Wildman–Crippen MR) is 81.2 cm³/mol. The molecule has 1 aliphatic heterocycles. The number of hydrogen-bond donors (Lipinski definition) is 1. The van der Waals surface area contributed by atoms with Gasteiger partial charge in [-0.2, -0.15) is 0 Å². The van der Waals surface area contributed by atoms with Crippen molar-refractivity contribution in [1.29, 1.82) is 0 Å². The summed E-state index contributed by atoms with van der Waals surface area (Å²) in [6.07, 6.45) is 2.56. The fourth-order valence-electron chi connectivity index (χ4n) is 2.33. The lowest BCUT2D eigenvalue weighted by atomic mass is 9.80. The normalized spacial score (nSPS) is 19.4. The van der Waals surface area contributed by atoms with E-state index in [-0.39, 0.29) is 0 Å². The maximum atomic E-state index is 5.52. The largest absolute Gasteiger partial charge is 0.382 e. The summed E-state index contributed by atoms with van der Waals surface area (Å²) in [5.74, 6) is 0. The number of nitrogens with one attached hydrogen (secondary N) is 1. The molecular weight excluding hydrogens is 256 g/mol. The molecule has 0 saturated carbocycles. The van der Waals surface area contributed by atoms with Crippen LogP contribution in [0.5, 0.6) is 0 Å². The Morgan fingerprint density at radius 1 is 1.00 bits per heavy atom. The molecule has 0 atom stereocenters. The van der Waals surface area contributed by atoms with Crippen LogP contribution in [-0.4, -0.2) is 78.3 Å². The van der Waals surface area contributed by atoms with Crippen LogP contribution >= 0.6 is 0 Å². The quantitative estimate of drug-likeness (QED) is 0.574. The number of nitrogens with zero attached hydrogens (tertiary/aromatic N) is 1. The number of methoxy groups -OCH3 is 1. The maximum Gasteiger partial charge on any atom is 0.0701 e. The van der Waals surface area contributed by atoms with Crippen molar-refractivity contribution in [1.82, 2.24) is 10.2 Å². The van der Waals surface area contributed by atoms with E-state index in [1.54, 1.807) is 7.11 Å². The second-order valence-electron chi connectivity index (χ2n) is 6.01. The molecule has 0 aromatic rings. The van der Waals surface area contributed by atoms with Gasteiger partial charge in [-0.3, -0.25) is 0 Å². The van der Waals surface area contributed by atoms with Gasteiger partial charge in [0, 0.05) is 20.2 Å². The summed E-state index contributed by atoms with van der Waals surface area (Å²) in [5.41, 5.74) is 0.454. The van der Waals surface area contributed by atoms with E-state index >= 15 is 0 Å². The molecule has 0 aliphatic carbocycles. The minimum Gasteiger partial charge on any atom is -0.382 e. The van der Waals surface area contributed by atoms with Crippen LogP contribution in [0.4, 0.5) is 0 Å². The Hall–Kier alpha value is -0.200. The van der Waals surface area contributed by atoms with Crippen LogP contribution in [0.25, 0.3) is 0 Å². The Kier molecular flexibility index (Phi) is 9.39. The van der Waals surface area contributed by atoms with Crippen LogP contribution in [0.3, 0.4) is 0 Å². The van der Waals surface area contributed by atoms with Crippen molar-refractivity contribution in [2.75, 3.05) is 73.4 Å². The molecule has 5 nitrogen and oxygen atoms in total. The van der Waals surface area contributed by atoms with Crippen LogP contribution in [0.2, 0.25) is 0 Å². The average molecular weight is 288 g/mol. The lowest BCUT2D eigenvalue weighted by Gasteiger charge is -2.38. The summed E-state index contributed by atoms with van der Waals surface area (Å²) >= 11 is 0. The lowest BCUT2D eigenvalue weighted by Crippen LogP contribution is -2.42. The molecule has 0 bridgehead atoms. The van der Waals surface area contributed by atoms with Gasteiger partial charge in [-0.1, -0.05) is 6.92 Å². The van der Waals surface area contributed by atoms with Crippen LogP contribution in [-0.2, 0) is 14.2 Å². The van der Waals surface area contributed by atoms with Crippen molar-refractivity contribution in [3.05, 3.63) is 0 Å². The first-order valence-electron chi connectivity index (χ1n) is 7.70. The fraction of sp³-hybridized carbons (Fsp3) is 1.00. The van der Waals surface area contributed by atoms with Gasteiger partial charge in [0.25, 0.3) is 0 Å². The smallest absolute Gasteiger partial charge is 0.0701 e.